The van der Waals surface area contributed by atoms with Crippen molar-refractivity contribution in [2.45, 2.75) is 61.9 Å². The Kier molecular flexibility index (Phi) is 4.44. The van der Waals surface area contributed by atoms with Gasteiger partial charge in [-0.3, -0.25) is 14.8 Å². The highest BCUT2D eigenvalue weighted by Crippen LogP contribution is 2.31. The second-order valence-electron chi connectivity index (χ2n) is 5.94. The van der Waals surface area contributed by atoms with Crippen LogP contribution in [0.3, 0.4) is 0 Å². The summed E-state index contributed by atoms with van der Waals surface area (Å²) >= 11 is 1.68. The smallest absolute Gasteiger partial charge is 0.323 e. The van der Waals surface area contributed by atoms with Crippen molar-refractivity contribution >= 4 is 17.7 Å². The van der Waals surface area contributed by atoms with Gasteiger partial charge in [-0.25, -0.2) is 0 Å². The van der Waals surface area contributed by atoms with Gasteiger partial charge >= 0.3 is 5.97 Å². The van der Waals surface area contributed by atoms with Crippen molar-refractivity contribution in [3.63, 3.8) is 0 Å². The van der Waals surface area contributed by atoms with Gasteiger partial charge in [0.2, 0.25) is 0 Å². The molecule has 5 nitrogen and oxygen atoms in total. The predicted octanol–water partition coefficient (Wildman–Crippen LogP) is 2.19. The summed E-state index contributed by atoms with van der Waals surface area (Å²) in [6.07, 6.45) is 2.77. The van der Waals surface area contributed by atoms with Crippen molar-refractivity contribution in [1.29, 1.82) is 0 Å². The van der Waals surface area contributed by atoms with Crippen LogP contribution < -0.4 is 5.32 Å². The van der Waals surface area contributed by atoms with Crippen LogP contribution in [0.15, 0.2) is 11.1 Å². The third-order valence-electron chi connectivity index (χ3n) is 3.55. The van der Waals surface area contributed by atoms with Crippen LogP contribution >= 0.6 is 11.8 Å². The highest BCUT2D eigenvalue weighted by atomic mass is 32.2. The number of hydrogen-bond acceptors (Lipinski definition) is 4. The van der Waals surface area contributed by atoms with Crippen molar-refractivity contribution in [3.05, 3.63) is 11.8 Å². The summed E-state index contributed by atoms with van der Waals surface area (Å²) in [6, 6.07) is 2.42. The van der Waals surface area contributed by atoms with Gasteiger partial charge in [-0.15, -0.1) is 11.8 Å². The summed E-state index contributed by atoms with van der Waals surface area (Å²) in [4.78, 5) is 11.6. The van der Waals surface area contributed by atoms with E-state index in [0.29, 0.717) is 12.5 Å². The summed E-state index contributed by atoms with van der Waals surface area (Å²) < 4.78 is 1.85. The summed E-state index contributed by atoms with van der Waals surface area (Å²) in [7, 11) is 1.92. The highest BCUT2D eigenvalue weighted by Gasteiger charge is 2.39. The molecule has 1 heterocycles. The van der Waals surface area contributed by atoms with Crippen LogP contribution in [0.1, 0.15) is 38.8 Å². The van der Waals surface area contributed by atoms with E-state index in [1.165, 1.54) is 0 Å². The van der Waals surface area contributed by atoms with Gasteiger partial charge in [0.1, 0.15) is 5.54 Å². The number of carboxylic acids is 1. The number of carboxylic acid groups (broad SMARTS) is 1. The van der Waals surface area contributed by atoms with Crippen LogP contribution in [0.5, 0.6) is 0 Å². The molecule has 0 aromatic carbocycles. The molecule has 2 N–H and O–H groups in total. The van der Waals surface area contributed by atoms with E-state index < -0.39 is 11.5 Å². The molecule has 0 saturated heterocycles. The number of aromatic nitrogens is 2. The summed E-state index contributed by atoms with van der Waals surface area (Å²) in [5.74, 6) is -0.766. The maximum atomic E-state index is 11.6. The Morgan fingerprint density at radius 3 is 2.80 bits per heavy atom. The number of nitrogens with zero attached hydrogens (tertiary/aromatic N) is 2. The number of rotatable bonds is 7. The van der Waals surface area contributed by atoms with Crippen LogP contribution in [-0.2, 0) is 11.8 Å². The zero-order chi connectivity index (χ0) is 14.9. The van der Waals surface area contributed by atoms with Gasteiger partial charge < -0.3 is 5.11 Å². The average Bonchev–Trinajstić information content (AvgIpc) is 3.05. The first-order valence-electron chi connectivity index (χ1n) is 6.98. The molecule has 0 bridgehead atoms. The molecular weight excluding hydrogens is 274 g/mol. The molecule has 1 fully saturated rings. The number of hydrogen-bond donors (Lipinski definition) is 2. The average molecular weight is 297 g/mol. The van der Waals surface area contributed by atoms with E-state index in [0.717, 1.165) is 23.6 Å². The molecule has 0 aliphatic heterocycles. The van der Waals surface area contributed by atoms with E-state index in [9.17, 15) is 9.90 Å². The van der Waals surface area contributed by atoms with E-state index in [1.54, 1.807) is 18.7 Å². The monoisotopic (exact) mass is 297 g/mol. The number of thioether (sulfide) groups is 1. The fraction of sp³-hybridized carbons (Fsp3) is 0.714. The topological polar surface area (TPSA) is 67.2 Å². The maximum absolute atomic E-state index is 11.6. The molecule has 0 amide bonds. The Morgan fingerprint density at radius 1 is 1.70 bits per heavy atom. The van der Waals surface area contributed by atoms with Crippen LogP contribution in [-0.4, -0.2) is 37.7 Å². The third kappa shape index (κ3) is 3.76. The zero-order valence-corrected chi connectivity index (χ0v) is 13.3. The standard InChI is InChI=1S/C14H23N3O2S/c1-9-7-12(17(4)16-9)20-10(2)8-14(3,13(18)19)15-11-5-6-11/h7,10-11,15H,5-6,8H2,1-4H3,(H,18,19). The Labute approximate surface area is 124 Å². The first kappa shape index (κ1) is 15.4. The quantitative estimate of drug-likeness (QED) is 0.755. The van der Waals surface area contributed by atoms with E-state index in [1.807, 2.05) is 24.7 Å². The fourth-order valence-electron chi connectivity index (χ4n) is 2.41. The van der Waals surface area contributed by atoms with E-state index in [2.05, 4.69) is 17.3 Å². The number of carbonyl (C=O) groups is 1. The van der Waals surface area contributed by atoms with Crippen LogP contribution in [0, 0.1) is 6.92 Å². The van der Waals surface area contributed by atoms with Crippen molar-refractivity contribution in [2.75, 3.05) is 0 Å². The Morgan fingerprint density at radius 2 is 2.35 bits per heavy atom. The van der Waals surface area contributed by atoms with Gasteiger partial charge in [0, 0.05) is 18.3 Å². The Hall–Kier alpha value is -1.01. The number of aryl methyl sites for hydroxylation is 2. The maximum Gasteiger partial charge on any atom is 0.323 e. The SMILES string of the molecule is Cc1cc(SC(C)CC(C)(NC2CC2)C(=O)O)n(C)n1. The zero-order valence-electron chi connectivity index (χ0n) is 12.5. The molecule has 2 rings (SSSR count). The molecule has 6 heteroatoms. The molecule has 112 valence electrons. The Bertz CT molecular complexity index is 499. The van der Waals surface area contributed by atoms with Gasteiger partial charge in [0.05, 0.1) is 10.7 Å². The van der Waals surface area contributed by atoms with Crippen molar-refractivity contribution in [1.82, 2.24) is 15.1 Å². The molecule has 20 heavy (non-hydrogen) atoms. The minimum atomic E-state index is -0.846. The normalized spacial score (nSPS) is 19.6. The predicted molar refractivity (Wildman–Crippen MR) is 80.1 cm³/mol. The lowest BCUT2D eigenvalue weighted by Gasteiger charge is -2.29. The first-order chi connectivity index (χ1) is 9.30. The largest absolute Gasteiger partial charge is 0.480 e. The van der Waals surface area contributed by atoms with Crippen molar-refractivity contribution in [2.24, 2.45) is 7.05 Å². The molecule has 1 saturated carbocycles. The van der Waals surface area contributed by atoms with Crippen LogP contribution in [0.2, 0.25) is 0 Å². The summed E-state index contributed by atoms with van der Waals surface area (Å²) in [5.41, 5.74) is 0.139. The van der Waals surface area contributed by atoms with Gasteiger partial charge in [0.25, 0.3) is 0 Å². The van der Waals surface area contributed by atoms with E-state index in [-0.39, 0.29) is 5.25 Å². The number of nitrogens with one attached hydrogen (secondary N) is 1. The minimum Gasteiger partial charge on any atom is -0.480 e. The van der Waals surface area contributed by atoms with Gasteiger partial charge in [0.15, 0.2) is 0 Å². The number of aliphatic carboxylic acids is 1. The summed E-state index contributed by atoms with van der Waals surface area (Å²) in [6.45, 7) is 5.83. The fourth-order valence-corrected chi connectivity index (χ4v) is 3.67. The molecule has 2 unspecified atom stereocenters. The highest BCUT2D eigenvalue weighted by molar-refractivity contribution is 7.99. The molecule has 0 radical (unpaired) electrons. The molecule has 1 aromatic rings. The summed E-state index contributed by atoms with van der Waals surface area (Å²) in [5, 5.41) is 18.4. The molecule has 1 aliphatic carbocycles. The lowest BCUT2D eigenvalue weighted by molar-refractivity contribution is -0.144. The van der Waals surface area contributed by atoms with E-state index >= 15 is 0 Å². The van der Waals surface area contributed by atoms with Crippen molar-refractivity contribution in [3.8, 4) is 0 Å². The van der Waals surface area contributed by atoms with E-state index in [4.69, 9.17) is 0 Å². The van der Waals surface area contributed by atoms with Crippen LogP contribution in [0.4, 0.5) is 0 Å². The molecule has 2 atom stereocenters. The Balaban J connectivity index is 1.99. The molecular formula is C14H23N3O2S. The van der Waals surface area contributed by atoms with Gasteiger partial charge in [-0.1, -0.05) is 6.92 Å². The first-order valence-corrected chi connectivity index (χ1v) is 7.86. The molecule has 1 aromatic heterocycles. The van der Waals surface area contributed by atoms with Crippen molar-refractivity contribution < 1.29 is 9.90 Å². The lowest BCUT2D eigenvalue weighted by Crippen LogP contribution is -2.52. The lowest BCUT2D eigenvalue weighted by atomic mass is 9.96. The second kappa shape index (κ2) is 5.77. The third-order valence-corrected chi connectivity index (χ3v) is 4.74. The van der Waals surface area contributed by atoms with Gasteiger partial charge in [-0.2, -0.15) is 5.10 Å². The minimum absolute atomic E-state index is 0.206. The van der Waals surface area contributed by atoms with Crippen LogP contribution in [0.25, 0.3) is 0 Å². The molecule has 1 aliphatic rings. The van der Waals surface area contributed by atoms with Gasteiger partial charge in [-0.05, 0) is 39.2 Å². The second-order valence-corrected chi connectivity index (χ2v) is 7.39. The molecule has 0 spiro atoms.